The second kappa shape index (κ2) is 11.9. The predicted molar refractivity (Wildman–Crippen MR) is 145 cm³/mol. The maximum atomic E-state index is 12.9. The van der Waals surface area contributed by atoms with Gasteiger partial charge in [-0.3, -0.25) is 0 Å². The third kappa shape index (κ3) is 9.07. The summed E-state index contributed by atoms with van der Waals surface area (Å²) in [4.78, 5) is 25.1. The van der Waals surface area contributed by atoms with Gasteiger partial charge in [0.25, 0.3) is 0 Å². The Hall–Kier alpha value is -4.13. The molecule has 2 aromatic rings. The van der Waals surface area contributed by atoms with E-state index >= 15 is 0 Å². The van der Waals surface area contributed by atoms with Crippen LogP contribution >= 0.6 is 0 Å². The zero-order chi connectivity index (χ0) is 27.9. The van der Waals surface area contributed by atoms with Gasteiger partial charge in [-0.1, -0.05) is 24.3 Å². The molecule has 0 spiro atoms. The number of hydrogen-bond acceptors (Lipinski definition) is 8. The van der Waals surface area contributed by atoms with Crippen LogP contribution in [-0.2, 0) is 26.2 Å². The molecule has 0 unspecified atom stereocenters. The first kappa shape index (κ1) is 28.4. The van der Waals surface area contributed by atoms with E-state index in [4.69, 9.17) is 4.74 Å². The number of nitrogens with one attached hydrogen (secondary N) is 4. The molecule has 0 bridgehead atoms. The third-order valence-corrected chi connectivity index (χ3v) is 5.82. The summed E-state index contributed by atoms with van der Waals surface area (Å²) in [6.07, 6.45) is 0.127. The zero-order valence-electron chi connectivity index (χ0n) is 21.6. The molecule has 0 aromatic heterocycles. The largest absolute Gasteiger partial charge is 0.508 e. The van der Waals surface area contributed by atoms with Crippen LogP contribution in [0.5, 0.6) is 5.75 Å². The molecule has 2 amide bonds. The van der Waals surface area contributed by atoms with Gasteiger partial charge in [0.15, 0.2) is 11.7 Å². The van der Waals surface area contributed by atoms with Crippen LogP contribution in [0.4, 0.5) is 10.5 Å². The van der Waals surface area contributed by atoms with Gasteiger partial charge < -0.3 is 31.1 Å². The van der Waals surface area contributed by atoms with Gasteiger partial charge in [-0.25, -0.2) is 9.59 Å². The van der Waals surface area contributed by atoms with Gasteiger partial charge in [0.1, 0.15) is 17.4 Å². The molecule has 1 heterocycles. The molecule has 5 N–H and O–H groups in total. The number of urea groups is 1. The summed E-state index contributed by atoms with van der Waals surface area (Å²) >= 11 is 0. The van der Waals surface area contributed by atoms with E-state index in [0.717, 1.165) is 5.56 Å². The quantitative estimate of drug-likeness (QED) is 0.248. The monoisotopic (exact) mass is 544 g/mol. The number of benzene rings is 2. The molecule has 0 fully saturated rings. The molecule has 0 aliphatic carbocycles. The summed E-state index contributed by atoms with van der Waals surface area (Å²) in [6.45, 7) is 7.34. The van der Waals surface area contributed by atoms with E-state index < -0.39 is 33.9 Å². The third-order valence-electron chi connectivity index (χ3n) is 4.99. The number of amidine groups is 2. The number of aromatic hydroxyl groups is 1. The van der Waals surface area contributed by atoms with Crippen LogP contribution in [0.15, 0.2) is 57.3 Å². The zero-order valence-corrected chi connectivity index (χ0v) is 22.4. The van der Waals surface area contributed by atoms with E-state index in [-0.39, 0.29) is 36.9 Å². The molecule has 12 nitrogen and oxygen atoms in total. The maximum absolute atomic E-state index is 12.9. The van der Waals surface area contributed by atoms with Crippen molar-refractivity contribution in [1.29, 1.82) is 0 Å². The number of aryl methyl sites for hydroxylation is 1. The Kier molecular flexibility index (Phi) is 8.94. The fraction of sp³-hybridized carbons (Fsp3) is 0.360. The Balaban J connectivity index is 1.63. The number of hydrogen-bond donors (Lipinski definition) is 5. The van der Waals surface area contributed by atoms with E-state index in [1.54, 1.807) is 39.0 Å². The number of ether oxygens (including phenoxy) is 1. The second-order valence-corrected chi connectivity index (χ2v) is 10.9. The SMILES string of the molecule is Cc1cccc(NC(=O)NCCNC2=NS(=O)(=O)N=C2N[C@@H](Cc2ccc(O)cc2)C(=O)OC(C)(C)C)c1. The summed E-state index contributed by atoms with van der Waals surface area (Å²) in [5, 5.41) is 20.6. The van der Waals surface area contributed by atoms with Crippen molar-refractivity contribution in [3.05, 3.63) is 59.7 Å². The van der Waals surface area contributed by atoms with Crippen molar-refractivity contribution in [2.75, 3.05) is 18.4 Å². The minimum Gasteiger partial charge on any atom is -0.508 e. The fourth-order valence-electron chi connectivity index (χ4n) is 3.40. The van der Waals surface area contributed by atoms with Crippen LogP contribution in [0.3, 0.4) is 0 Å². The summed E-state index contributed by atoms with van der Waals surface area (Å²) in [6, 6.07) is 12.1. The van der Waals surface area contributed by atoms with Crippen LogP contribution in [0.1, 0.15) is 31.9 Å². The van der Waals surface area contributed by atoms with Crippen LogP contribution in [0.25, 0.3) is 0 Å². The number of anilines is 1. The Morgan fingerprint density at radius 3 is 2.37 bits per heavy atom. The van der Waals surface area contributed by atoms with Crippen molar-refractivity contribution in [2.45, 2.75) is 45.8 Å². The number of nitrogens with zero attached hydrogens (tertiary/aromatic N) is 2. The van der Waals surface area contributed by atoms with Crippen LogP contribution in [0.2, 0.25) is 0 Å². The average molecular weight is 545 g/mol. The van der Waals surface area contributed by atoms with E-state index in [9.17, 15) is 23.1 Å². The van der Waals surface area contributed by atoms with Gasteiger partial charge in [-0.15, -0.1) is 8.80 Å². The molecule has 204 valence electrons. The van der Waals surface area contributed by atoms with Gasteiger partial charge in [-0.2, -0.15) is 8.42 Å². The standard InChI is InChI=1S/C25H32N6O6S/c1-16-6-5-7-18(14-16)28-24(34)27-13-12-26-21-22(31-38(35,36)30-21)29-20(23(33)37-25(2,3)4)15-17-8-10-19(32)11-9-17/h5-11,14,20,32H,12-13,15H2,1-4H3,(H,26,30)(H,29,31)(H2,27,28,34)/t20-/m0/s1. The summed E-state index contributed by atoms with van der Waals surface area (Å²) in [5.74, 6) is -0.790. The lowest BCUT2D eigenvalue weighted by Crippen LogP contribution is -2.50. The Bertz CT molecular complexity index is 1330. The molecule has 1 aliphatic heterocycles. The second-order valence-electron chi connectivity index (χ2n) is 9.61. The number of amides is 2. The average Bonchev–Trinajstić information content (AvgIpc) is 3.09. The van der Waals surface area contributed by atoms with Crippen molar-refractivity contribution in [3.8, 4) is 5.75 Å². The Morgan fingerprint density at radius 2 is 1.71 bits per heavy atom. The fourth-order valence-corrected chi connectivity index (χ4v) is 4.19. The highest BCUT2D eigenvalue weighted by Crippen LogP contribution is 2.15. The topological polar surface area (TPSA) is 171 Å². The van der Waals surface area contributed by atoms with Gasteiger partial charge in [0.05, 0.1) is 0 Å². The van der Waals surface area contributed by atoms with Crippen molar-refractivity contribution in [1.82, 2.24) is 16.0 Å². The molecule has 0 saturated carbocycles. The number of phenolic OH excluding ortho intramolecular Hbond substituents is 1. The van der Waals surface area contributed by atoms with Crippen LogP contribution in [-0.4, -0.2) is 61.9 Å². The normalized spacial score (nSPS) is 15.1. The molecule has 38 heavy (non-hydrogen) atoms. The molecular weight excluding hydrogens is 512 g/mol. The Labute approximate surface area is 221 Å². The first-order valence-corrected chi connectivity index (χ1v) is 13.3. The molecule has 0 radical (unpaired) electrons. The highest BCUT2D eigenvalue weighted by molar-refractivity contribution is 7.89. The first-order valence-electron chi connectivity index (χ1n) is 11.9. The van der Waals surface area contributed by atoms with Gasteiger partial charge in [0, 0.05) is 25.2 Å². The highest BCUT2D eigenvalue weighted by Gasteiger charge is 2.31. The van der Waals surface area contributed by atoms with Crippen LogP contribution < -0.4 is 21.3 Å². The number of carbonyl (C=O) groups is 2. The van der Waals surface area contributed by atoms with Crippen molar-refractivity contribution < 1.29 is 27.9 Å². The Morgan fingerprint density at radius 1 is 1.03 bits per heavy atom. The number of phenols is 1. The summed E-state index contributed by atoms with van der Waals surface area (Å²) in [7, 11) is -4.16. The van der Waals surface area contributed by atoms with Gasteiger partial charge in [0.2, 0.25) is 0 Å². The number of esters is 1. The van der Waals surface area contributed by atoms with Crippen molar-refractivity contribution in [3.63, 3.8) is 0 Å². The van der Waals surface area contributed by atoms with Gasteiger partial charge in [-0.05, 0) is 63.1 Å². The molecule has 2 aromatic carbocycles. The molecule has 1 aliphatic rings. The lowest BCUT2D eigenvalue weighted by atomic mass is 10.0. The molecule has 3 rings (SSSR count). The minimum atomic E-state index is -4.16. The summed E-state index contributed by atoms with van der Waals surface area (Å²) < 4.78 is 37.0. The number of carbonyl (C=O) groups excluding carboxylic acids is 2. The minimum absolute atomic E-state index is 0.0709. The summed E-state index contributed by atoms with van der Waals surface area (Å²) in [5.41, 5.74) is 1.56. The molecular formula is C25H32N6O6S. The van der Waals surface area contributed by atoms with E-state index in [2.05, 4.69) is 30.1 Å². The first-order chi connectivity index (χ1) is 17.8. The van der Waals surface area contributed by atoms with Crippen LogP contribution in [0, 0.1) is 6.92 Å². The van der Waals surface area contributed by atoms with E-state index in [1.807, 2.05) is 25.1 Å². The van der Waals surface area contributed by atoms with E-state index in [1.165, 1.54) is 12.1 Å². The lowest BCUT2D eigenvalue weighted by molar-refractivity contribution is -0.157. The maximum Gasteiger partial charge on any atom is 0.367 e. The van der Waals surface area contributed by atoms with Crippen molar-refractivity contribution in [2.24, 2.45) is 8.80 Å². The highest BCUT2D eigenvalue weighted by atomic mass is 32.2. The van der Waals surface area contributed by atoms with Gasteiger partial charge >= 0.3 is 22.2 Å². The predicted octanol–water partition coefficient (Wildman–Crippen LogP) is 2.01. The lowest BCUT2D eigenvalue weighted by Gasteiger charge is -2.25. The smallest absolute Gasteiger partial charge is 0.367 e. The number of rotatable bonds is 8. The van der Waals surface area contributed by atoms with E-state index in [0.29, 0.717) is 11.3 Å². The van der Waals surface area contributed by atoms with Crippen molar-refractivity contribution >= 4 is 39.6 Å². The molecule has 1 atom stereocenters. The molecule has 0 saturated heterocycles. The molecule has 13 heteroatoms.